The van der Waals surface area contributed by atoms with Gasteiger partial charge in [0.05, 0.1) is 12.6 Å². The Kier molecular flexibility index (Phi) is 4.86. The molecule has 1 unspecified atom stereocenters. The highest BCUT2D eigenvalue weighted by molar-refractivity contribution is 5.79. The topological polar surface area (TPSA) is 41.6 Å². The summed E-state index contributed by atoms with van der Waals surface area (Å²) in [5.41, 5.74) is 3.09. The average molecular weight is 324 g/mol. The van der Waals surface area contributed by atoms with E-state index in [1.807, 2.05) is 49.4 Å². The highest BCUT2D eigenvalue weighted by Gasteiger charge is 2.29. The van der Waals surface area contributed by atoms with Crippen molar-refractivity contribution in [3.63, 3.8) is 0 Å². The SMILES string of the molecule is CCN(CC)CC(=O)NC1c2ccccc2Oc2c(C)cccc21. The molecule has 0 fully saturated rings. The molecule has 2 aromatic rings. The molecule has 0 bridgehead atoms. The van der Waals surface area contributed by atoms with Crippen molar-refractivity contribution in [1.82, 2.24) is 10.2 Å². The Morgan fingerprint density at radius 3 is 2.54 bits per heavy atom. The van der Waals surface area contributed by atoms with Crippen LogP contribution in [0.25, 0.3) is 0 Å². The Labute approximate surface area is 143 Å². The molecule has 1 aliphatic rings. The molecule has 4 heteroatoms. The van der Waals surface area contributed by atoms with Crippen LogP contribution in [0.5, 0.6) is 11.5 Å². The molecular formula is C20H24N2O2. The molecule has 0 saturated carbocycles. The van der Waals surface area contributed by atoms with Crippen molar-refractivity contribution in [2.24, 2.45) is 0 Å². The Morgan fingerprint density at radius 1 is 1.08 bits per heavy atom. The number of nitrogens with one attached hydrogen (secondary N) is 1. The van der Waals surface area contributed by atoms with Crippen LogP contribution in [0.15, 0.2) is 42.5 Å². The van der Waals surface area contributed by atoms with Crippen LogP contribution in [0.2, 0.25) is 0 Å². The number of carbonyl (C=O) groups is 1. The number of fused-ring (bicyclic) bond motifs is 2. The molecule has 1 heterocycles. The second-order valence-corrected chi connectivity index (χ2v) is 6.10. The second-order valence-electron chi connectivity index (χ2n) is 6.10. The summed E-state index contributed by atoms with van der Waals surface area (Å²) in [6.45, 7) is 8.31. The number of nitrogens with zero attached hydrogens (tertiary/aromatic N) is 1. The van der Waals surface area contributed by atoms with Crippen LogP contribution in [0, 0.1) is 6.92 Å². The third-order valence-electron chi connectivity index (χ3n) is 4.56. The fourth-order valence-electron chi connectivity index (χ4n) is 3.14. The van der Waals surface area contributed by atoms with E-state index in [9.17, 15) is 4.79 Å². The van der Waals surface area contributed by atoms with Crippen molar-refractivity contribution in [2.45, 2.75) is 26.8 Å². The van der Waals surface area contributed by atoms with Crippen molar-refractivity contribution in [3.8, 4) is 11.5 Å². The maximum absolute atomic E-state index is 12.6. The van der Waals surface area contributed by atoms with Crippen molar-refractivity contribution in [2.75, 3.05) is 19.6 Å². The van der Waals surface area contributed by atoms with Gasteiger partial charge >= 0.3 is 0 Å². The lowest BCUT2D eigenvalue weighted by atomic mass is 9.93. The van der Waals surface area contributed by atoms with Gasteiger partial charge in [-0.2, -0.15) is 0 Å². The van der Waals surface area contributed by atoms with Crippen molar-refractivity contribution >= 4 is 5.91 Å². The Balaban J connectivity index is 1.92. The zero-order valence-corrected chi connectivity index (χ0v) is 14.5. The van der Waals surface area contributed by atoms with Gasteiger partial charge in [-0.15, -0.1) is 0 Å². The first kappa shape index (κ1) is 16.5. The lowest BCUT2D eigenvalue weighted by molar-refractivity contribution is -0.122. The summed E-state index contributed by atoms with van der Waals surface area (Å²) in [5.74, 6) is 1.70. The molecule has 1 N–H and O–H groups in total. The van der Waals surface area contributed by atoms with Gasteiger partial charge in [0.25, 0.3) is 0 Å². The maximum atomic E-state index is 12.6. The summed E-state index contributed by atoms with van der Waals surface area (Å²) in [7, 11) is 0. The summed E-state index contributed by atoms with van der Waals surface area (Å²) >= 11 is 0. The number of benzene rings is 2. The van der Waals surface area contributed by atoms with Gasteiger partial charge < -0.3 is 10.1 Å². The number of ether oxygens (including phenoxy) is 1. The van der Waals surface area contributed by atoms with E-state index in [-0.39, 0.29) is 11.9 Å². The van der Waals surface area contributed by atoms with Gasteiger partial charge in [0, 0.05) is 11.1 Å². The minimum Gasteiger partial charge on any atom is -0.456 e. The number of rotatable bonds is 5. The van der Waals surface area contributed by atoms with Crippen molar-refractivity contribution in [3.05, 3.63) is 59.2 Å². The molecule has 0 aromatic heterocycles. The summed E-state index contributed by atoms with van der Waals surface area (Å²) in [5, 5.41) is 3.20. The molecule has 0 saturated heterocycles. The monoisotopic (exact) mass is 324 g/mol. The summed E-state index contributed by atoms with van der Waals surface area (Å²) in [6.07, 6.45) is 0. The first-order valence-electron chi connectivity index (χ1n) is 8.52. The number of likely N-dealkylation sites (N-methyl/N-ethyl adjacent to an activating group) is 1. The summed E-state index contributed by atoms with van der Waals surface area (Å²) < 4.78 is 6.08. The van der Waals surface area contributed by atoms with Gasteiger partial charge in [0.1, 0.15) is 11.5 Å². The summed E-state index contributed by atoms with van der Waals surface area (Å²) in [6, 6.07) is 13.8. The van der Waals surface area contributed by atoms with Crippen LogP contribution in [0.1, 0.15) is 36.6 Å². The molecule has 24 heavy (non-hydrogen) atoms. The molecule has 1 atom stereocenters. The normalized spacial score (nSPS) is 15.4. The van der Waals surface area contributed by atoms with Gasteiger partial charge in [-0.1, -0.05) is 50.2 Å². The first-order chi connectivity index (χ1) is 11.6. The van der Waals surface area contributed by atoms with Crippen LogP contribution >= 0.6 is 0 Å². The van der Waals surface area contributed by atoms with Gasteiger partial charge in [-0.25, -0.2) is 0 Å². The van der Waals surface area contributed by atoms with Crippen molar-refractivity contribution < 1.29 is 9.53 Å². The Bertz CT molecular complexity index is 738. The number of para-hydroxylation sites is 2. The minimum atomic E-state index is -0.173. The molecule has 0 spiro atoms. The van der Waals surface area contributed by atoms with Gasteiger partial charge in [-0.05, 0) is 31.6 Å². The van der Waals surface area contributed by atoms with E-state index in [2.05, 4.69) is 24.1 Å². The first-order valence-corrected chi connectivity index (χ1v) is 8.52. The van der Waals surface area contributed by atoms with Crippen LogP contribution < -0.4 is 10.1 Å². The lowest BCUT2D eigenvalue weighted by Gasteiger charge is -2.30. The fourth-order valence-corrected chi connectivity index (χ4v) is 3.14. The fraction of sp³-hybridized carbons (Fsp3) is 0.350. The number of hydrogen-bond acceptors (Lipinski definition) is 3. The summed E-state index contributed by atoms with van der Waals surface area (Å²) in [4.78, 5) is 14.7. The Hall–Kier alpha value is -2.33. The quantitative estimate of drug-likeness (QED) is 0.913. The maximum Gasteiger partial charge on any atom is 0.234 e. The zero-order valence-electron chi connectivity index (χ0n) is 14.5. The van der Waals surface area contributed by atoms with E-state index in [1.54, 1.807) is 0 Å². The molecular weight excluding hydrogens is 300 g/mol. The second kappa shape index (κ2) is 7.05. The largest absolute Gasteiger partial charge is 0.456 e. The predicted molar refractivity (Wildman–Crippen MR) is 95.5 cm³/mol. The highest BCUT2D eigenvalue weighted by atomic mass is 16.5. The minimum absolute atomic E-state index is 0.0351. The van der Waals surface area contributed by atoms with E-state index in [1.165, 1.54) is 0 Å². The highest BCUT2D eigenvalue weighted by Crippen LogP contribution is 2.44. The van der Waals surface area contributed by atoms with Crippen molar-refractivity contribution in [1.29, 1.82) is 0 Å². The number of carbonyl (C=O) groups excluding carboxylic acids is 1. The van der Waals surface area contributed by atoms with Crippen LogP contribution in [0.4, 0.5) is 0 Å². The molecule has 0 radical (unpaired) electrons. The van der Waals surface area contributed by atoms with E-state index in [0.29, 0.717) is 6.54 Å². The molecule has 4 nitrogen and oxygen atoms in total. The third kappa shape index (κ3) is 3.15. The molecule has 0 aliphatic carbocycles. The van der Waals surface area contributed by atoms with E-state index in [4.69, 9.17) is 4.74 Å². The number of amides is 1. The molecule has 2 aromatic carbocycles. The van der Waals surface area contributed by atoms with Crippen LogP contribution in [-0.4, -0.2) is 30.4 Å². The van der Waals surface area contributed by atoms with E-state index < -0.39 is 0 Å². The zero-order chi connectivity index (χ0) is 17.1. The predicted octanol–water partition coefficient (Wildman–Crippen LogP) is 3.65. The molecule has 126 valence electrons. The van der Waals surface area contributed by atoms with Gasteiger partial charge in [0.2, 0.25) is 5.91 Å². The van der Waals surface area contributed by atoms with Gasteiger partial charge in [-0.3, -0.25) is 9.69 Å². The van der Waals surface area contributed by atoms with E-state index in [0.717, 1.165) is 41.3 Å². The third-order valence-corrected chi connectivity index (χ3v) is 4.56. The number of hydrogen-bond donors (Lipinski definition) is 1. The Morgan fingerprint density at radius 2 is 1.79 bits per heavy atom. The average Bonchev–Trinajstić information content (AvgIpc) is 2.60. The lowest BCUT2D eigenvalue weighted by Crippen LogP contribution is -2.39. The molecule has 1 aliphatic heterocycles. The smallest absolute Gasteiger partial charge is 0.234 e. The van der Waals surface area contributed by atoms with Gasteiger partial charge in [0.15, 0.2) is 0 Å². The van der Waals surface area contributed by atoms with Crippen LogP contribution in [-0.2, 0) is 4.79 Å². The molecule has 1 amide bonds. The molecule has 3 rings (SSSR count). The number of aryl methyl sites for hydroxylation is 1. The standard InChI is InChI=1S/C20H24N2O2/c1-4-22(5-2)13-18(23)21-19-15-10-6-7-12-17(15)24-20-14(3)9-8-11-16(19)20/h6-12,19H,4-5,13H2,1-3H3,(H,21,23). The van der Waals surface area contributed by atoms with Crippen LogP contribution in [0.3, 0.4) is 0 Å². The van der Waals surface area contributed by atoms with E-state index >= 15 is 0 Å².